The Morgan fingerprint density at radius 2 is 0.638 bits per heavy atom. The van der Waals surface area contributed by atoms with Crippen molar-refractivity contribution in [2.45, 2.75) is 19.6 Å². The van der Waals surface area contributed by atoms with Gasteiger partial charge in [-0.2, -0.15) is 0 Å². The van der Waals surface area contributed by atoms with Crippen molar-refractivity contribution < 1.29 is 28.6 Å². The molecule has 6 aromatic rings. The van der Waals surface area contributed by atoms with E-state index < -0.39 is 18.1 Å². The second-order valence-corrected chi connectivity index (χ2v) is 13.0. The minimum absolute atomic E-state index is 0.387. The maximum Gasteiger partial charge on any atom is 0.323 e. The largest absolute Gasteiger partial charge is 0.497 e. The highest BCUT2D eigenvalue weighted by Crippen LogP contribution is 2.27. The molecule has 6 aromatic carbocycles. The number of nitrogens with zero attached hydrogens (tertiary/aromatic N) is 1. The van der Waals surface area contributed by atoms with Crippen LogP contribution in [0.1, 0.15) is 16.7 Å². The molecule has 0 saturated carbocycles. The average molecular weight is 780 g/mol. The highest BCUT2D eigenvalue weighted by Gasteiger charge is 2.18. The number of methoxy groups -OCH3 is 3. The summed E-state index contributed by atoms with van der Waals surface area (Å²) < 4.78 is 15.7. The topological polar surface area (TPSA) is 154 Å². The Hall–Kier alpha value is -7.51. The van der Waals surface area contributed by atoms with Crippen LogP contribution in [0.4, 0.5) is 48.5 Å². The van der Waals surface area contributed by atoms with Crippen LogP contribution in [0.3, 0.4) is 0 Å². The number of anilines is 6. The number of carbonyl (C=O) groups excluding carboxylic acids is 3. The van der Waals surface area contributed by atoms with E-state index in [4.69, 9.17) is 14.2 Å². The van der Waals surface area contributed by atoms with E-state index in [0.29, 0.717) is 71.0 Å². The van der Waals surface area contributed by atoms with Crippen LogP contribution in [0.2, 0.25) is 0 Å². The van der Waals surface area contributed by atoms with Gasteiger partial charge in [0.15, 0.2) is 0 Å². The van der Waals surface area contributed by atoms with Crippen LogP contribution in [0.15, 0.2) is 146 Å². The molecular formula is C45H45N7O6. The van der Waals surface area contributed by atoms with Crippen LogP contribution >= 0.6 is 0 Å². The van der Waals surface area contributed by atoms with Crippen molar-refractivity contribution in [1.82, 2.24) is 4.90 Å². The monoisotopic (exact) mass is 779 g/mol. The van der Waals surface area contributed by atoms with Gasteiger partial charge < -0.3 is 46.1 Å². The van der Waals surface area contributed by atoms with Crippen molar-refractivity contribution in [3.8, 4) is 17.2 Å². The molecule has 296 valence electrons. The van der Waals surface area contributed by atoms with Crippen LogP contribution < -0.4 is 46.1 Å². The van der Waals surface area contributed by atoms with Gasteiger partial charge in [-0.1, -0.05) is 54.6 Å². The molecule has 58 heavy (non-hydrogen) atoms. The number of hydrogen-bond donors (Lipinski definition) is 6. The molecule has 6 amide bonds. The standard InChI is InChI=1S/C45H45N7O6/c1-56-37-22-16-34(17-23-37)46-43(53)49-40-13-7-4-10-31(40)28-52(29-32-11-5-8-14-41(32)50-44(54)47-35-18-24-38(57-2)25-19-35)30-33-12-6-9-15-42(33)51-45(55)48-36-20-26-39(58-3)27-21-36/h4-27H,28-30H2,1-3H3,(H2,46,49,53)(H2,47,50,54)(H2,48,51,55). The Kier molecular flexibility index (Phi) is 13.8. The lowest BCUT2D eigenvalue weighted by molar-refractivity contribution is 0.248. The minimum atomic E-state index is -0.404. The number of hydrogen-bond acceptors (Lipinski definition) is 7. The molecule has 0 aliphatic carbocycles. The first-order valence-corrected chi connectivity index (χ1v) is 18.4. The lowest BCUT2D eigenvalue weighted by atomic mass is 10.1. The molecule has 13 heteroatoms. The van der Waals surface area contributed by atoms with Gasteiger partial charge in [-0.15, -0.1) is 0 Å². The molecule has 0 aliphatic heterocycles. The summed E-state index contributed by atoms with van der Waals surface area (Å²) in [5, 5.41) is 17.6. The molecule has 0 aromatic heterocycles. The molecular weight excluding hydrogens is 735 g/mol. The molecule has 0 bridgehead atoms. The molecule has 0 radical (unpaired) electrons. The summed E-state index contributed by atoms with van der Waals surface area (Å²) in [5.74, 6) is 2.04. The van der Waals surface area contributed by atoms with E-state index in [0.717, 1.165) is 16.7 Å². The van der Waals surface area contributed by atoms with Crippen molar-refractivity contribution >= 4 is 52.2 Å². The van der Waals surface area contributed by atoms with E-state index >= 15 is 0 Å². The summed E-state index contributed by atoms with van der Waals surface area (Å²) in [6.45, 7) is 1.16. The van der Waals surface area contributed by atoms with Gasteiger partial charge in [-0.3, -0.25) is 4.90 Å². The van der Waals surface area contributed by atoms with Crippen LogP contribution in [-0.4, -0.2) is 44.3 Å². The van der Waals surface area contributed by atoms with Crippen molar-refractivity contribution in [3.05, 3.63) is 162 Å². The summed E-state index contributed by atoms with van der Waals surface area (Å²) in [6.07, 6.45) is 0. The molecule has 0 spiro atoms. The molecule has 0 unspecified atom stereocenters. The van der Waals surface area contributed by atoms with E-state index in [1.54, 1.807) is 94.1 Å². The Labute approximate surface area is 337 Å². The van der Waals surface area contributed by atoms with Crippen LogP contribution in [-0.2, 0) is 19.6 Å². The number of urea groups is 3. The lowest BCUT2D eigenvalue weighted by Crippen LogP contribution is -2.27. The first-order chi connectivity index (χ1) is 28.3. The normalized spacial score (nSPS) is 10.6. The predicted octanol–water partition coefficient (Wildman–Crippen LogP) is 9.85. The van der Waals surface area contributed by atoms with E-state index in [-0.39, 0.29) is 0 Å². The third-order valence-corrected chi connectivity index (χ3v) is 9.02. The second-order valence-electron chi connectivity index (χ2n) is 13.0. The number of ether oxygens (including phenoxy) is 3. The van der Waals surface area contributed by atoms with Gasteiger partial charge >= 0.3 is 18.1 Å². The van der Waals surface area contributed by atoms with Gasteiger partial charge in [0.1, 0.15) is 17.2 Å². The SMILES string of the molecule is COc1ccc(NC(=O)Nc2ccccc2CN(Cc2ccccc2NC(=O)Nc2ccc(OC)cc2)Cc2ccccc2NC(=O)Nc2ccc(OC)cc2)cc1. The molecule has 13 nitrogen and oxygen atoms in total. The van der Waals surface area contributed by atoms with Gasteiger partial charge in [0.2, 0.25) is 0 Å². The first kappa shape index (κ1) is 40.2. The van der Waals surface area contributed by atoms with E-state index in [1.807, 2.05) is 72.8 Å². The average Bonchev–Trinajstić information content (AvgIpc) is 3.23. The fraction of sp³-hybridized carbons (Fsp3) is 0.133. The fourth-order valence-corrected chi connectivity index (χ4v) is 6.11. The number of carbonyl (C=O) groups is 3. The Bertz CT molecular complexity index is 2040. The van der Waals surface area contributed by atoms with Crippen LogP contribution in [0.5, 0.6) is 17.2 Å². The Morgan fingerprint density at radius 1 is 0.379 bits per heavy atom. The minimum Gasteiger partial charge on any atom is -0.497 e. The first-order valence-electron chi connectivity index (χ1n) is 18.4. The Balaban J connectivity index is 1.24. The zero-order valence-electron chi connectivity index (χ0n) is 32.4. The third-order valence-electron chi connectivity index (χ3n) is 9.02. The van der Waals surface area contributed by atoms with Crippen molar-refractivity contribution in [1.29, 1.82) is 0 Å². The third kappa shape index (κ3) is 11.5. The molecule has 0 aliphatic rings. The van der Waals surface area contributed by atoms with Crippen molar-refractivity contribution in [2.75, 3.05) is 53.2 Å². The summed E-state index contributed by atoms with van der Waals surface area (Å²) in [4.78, 5) is 41.8. The Morgan fingerprint density at radius 3 is 0.897 bits per heavy atom. The second kappa shape index (κ2) is 19.9. The maximum absolute atomic E-state index is 13.2. The van der Waals surface area contributed by atoms with Crippen molar-refractivity contribution in [2.24, 2.45) is 0 Å². The van der Waals surface area contributed by atoms with Gasteiger partial charge in [0, 0.05) is 53.8 Å². The molecule has 0 atom stereocenters. The van der Waals surface area contributed by atoms with Gasteiger partial charge in [-0.25, -0.2) is 14.4 Å². The highest BCUT2D eigenvalue weighted by atomic mass is 16.5. The van der Waals surface area contributed by atoms with E-state index in [1.165, 1.54) is 0 Å². The number of benzene rings is 6. The number of amides is 6. The fourth-order valence-electron chi connectivity index (χ4n) is 6.11. The summed E-state index contributed by atoms with van der Waals surface area (Å²) >= 11 is 0. The quantitative estimate of drug-likeness (QED) is 0.0607. The summed E-state index contributed by atoms with van der Waals surface area (Å²) in [5.41, 5.74) is 6.22. The zero-order chi connectivity index (χ0) is 40.7. The molecule has 6 rings (SSSR count). The van der Waals surface area contributed by atoms with Crippen molar-refractivity contribution in [3.63, 3.8) is 0 Å². The highest BCUT2D eigenvalue weighted by molar-refractivity contribution is 6.01. The summed E-state index contributed by atoms with van der Waals surface area (Å²) in [7, 11) is 4.75. The molecule has 0 fully saturated rings. The lowest BCUT2D eigenvalue weighted by Gasteiger charge is -2.26. The molecule has 6 N–H and O–H groups in total. The number of para-hydroxylation sites is 3. The van der Waals surface area contributed by atoms with E-state index in [2.05, 4.69) is 36.8 Å². The maximum atomic E-state index is 13.2. The van der Waals surface area contributed by atoms with E-state index in [9.17, 15) is 14.4 Å². The van der Waals surface area contributed by atoms with Gasteiger partial charge in [0.25, 0.3) is 0 Å². The van der Waals surface area contributed by atoms with Gasteiger partial charge in [0.05, 0.1) is 21.3 Å². The van der Waals surface area contributed by atoms with Crippen LogP contribution in [0.25, 0.3) is 0 Å². The molecule has 0 saturated heterocycles. The smallest absolute Gasteiger partial charge is 0.323 e. The van der Waals surface area contributed by atoms with Crippen LogP contribution in [0, 0.1) is 0 Å². The predicted molar refractivity (Wildman–Crippen MR) is 229 cm³/mol. The van der Waals surface area contributed by atoms with Gasteiger partial charge in [-0.05, 0) is 108 Å². The summed E-state index contributed by atoms with van der Waals surface area (Å²) in [6, 6.07) is 42.7. The zero-order valence-corrected chi connectivity index (χ0v) is 32.4. The number of rotatable bonds is 15. The number of nitrogens with one attached hydrogen (secondary N) is 6. The molecule has 0 heterocycles.